The number of esters is 1. The first-order chi connectivity index (χ1) is 15.6. The first-order valence-corrected chi connectivity index (χ1v) is 12.6. The van der Waals surface area contributed by atoms with Crippen LogP contribution in [0.1, 0.15) is 36.2 Å². The van der Waals surface area contributed by atoms with Crippen molar-refractivity contribution >= 4 is 21.7 Å². The van der Waals surface area contributed by atoms with E-state index in [1.165, 1.54) is 23.1 Å². The summed E-state index contributed by atoms with van der Waals surface area (Å²) in [6.45, 7) is 4.00. The van der Waals surface area contributed by atoms with Gasteiger partial charge in [-0.25, -0.2) is 17.6 Å². The summed E-state index contributed by atoms with van der Waals surface area (Å²) in [6.07, 6.45) is 0.391. The maximum atomic E-state index is 13.0. The first-order valence-electron chi connectivity index (χ1n) is 10.8. The fourth-order valence-electron chi connectivity index (χ4n) is 3.62. The van der Waals surface area contributed by atoms with Crippen LogP contribution >= 0.6 is 0 Å². The Hall–Kier alpha value is -2.94. The summed E-state index contributed by atoms with van der Waals surface area (Å²) < 4.78 is 47.6. The monoisotopic (exact) mass is 477 g/mol. The molecule has 0 spiro atoms. The third-order valence-electron chi connectivity index (χ3n) is 5.25. The minimum atomic E-state index is -3.15. The Kier molecular flexibility index (Phi) is 8.07. The van der Waals surface area contributed by atoms with E-state index < -0.39 is 34.4 Å². The van der Waals surface area contributed by atoms with E-state index in [2.05, 4.69) is 0 Å². The summed E-state index contributed by atoms with van der Waals surface area (Å²) in [5, 5.41) is 0. The zero-order valence-electron chi connectivity index (χ0n) is 18.7. The molecule has 1 fully saturated rings. The number of halogens is 1. The molecule has 2 aromatic carbocycles. The van der Waals surface area contributed by atoms with Crippen molar-refractivity contribution in [2.24, 2.45) is 5.92 Å². The molecule has 1 amide bonds. The van der Waals surface area contributed by atoms with Gasteiger partial charge >= 0.3 is 5.97 Å². The standard InChI is InChI=1S/C24H28FNO6S/c1-17(2)13-26(21-10-11-33(29,30)16-21)23(27)15-32-24(28)19-4-3-5-22(12-19)31-14-18-6-8-20(25)9-7-18/h3-9,12,17,21H,10-11,13-16H2,1-2H3. The van der Waals surface area contributed by atoms with Crippen molar-refractivity contribution < 1.29 is 31.9 Å². The topological polar surface area (TPSA) is 90.0 Å². The Morgan fingerprint density at radius 2 is 1.88 bits per heavy atom. The highest BCUT2D eigenvalue weighted by atomic mass is 32.2. The highest BCUT2D eigenvalue weighted by molar-refractivity contribution is 7.91. The second-order valence-electron chi connectivity index (χ2n) is 8.52. The summed E-state index contributed by atoms with van der Waals surface area (Å²) >= 11 is 0. The van der Waals surface area contributed by atoms with E-state index >= 15 is 0 Å². The van der Waals surface area contributed by atoms with Crippen LogP contribution in [-0.4, -0.2) is 55.9 Å². The molecule has 0 saturated carbocycles. The number of benzene rings is 2. The van der Waals surface area contributed by atoms with E-state index in [4.69, 9.17) is 9.47 Å². The number of rotatable bonds is 9. The van der Waals surface area contributed by atoms with Crippen LogP contribution in [0.5, 0.6) is 5.75 Å². The maximum absolute atomic E-state index is 13.0. The third kappa shape index (κ3) is 7.28. The zero-order chi connectivity index (χ0) is 24.0. The average Bonchev–Trinajstić information content (AvgIpc) is 3.14. The van der Waals surface area contributed by atoms with E-state index in [0.29, 0.717) is 18.7 Å². The van der Waals surface area contributed by atoms with Gasteiger partial charge in [-0.1, -0.05) is 32.0 Å². The van der Waals surface area contributed by atoms with Crippen molar-refractivity contribution in [1.82, 2.24) is 4.90 Å². The number of sulfone groups is 1. The quantitative estimate of drug-likeness (QED) is 0.515. The molecule has 1 atom stereocenters. The Labute approximate surface area is 193 Å². The number of hydrogen-bond acceptors (Lipinski definition) is 6. The van der Waals surface area contributed by atoms with Crippen molar-refractivity contribution in [2.75, 3.05) is 24.7 Å². The van der Waals surface area contributed by atoms with E-state index in [1.807, 2.05) is 13.8 Å². The van der Waals surface area contributed by atoms with Crippen LogP contribution in [0.2, 0.25) is 0 Å². The number of nitrogens with zero attached hydrogens (tertiary/aromatic N) is 1. The smallest absolute Gasteiger partial charge is 0.338 e. The van der Waals surface area contributed by atoms with Crippen molar-refractivity contribution in [2.45, 2.75) is 32.9 Å². The lowest BCUT2D eigenvalue weighted by molar-refractivity contribution is -0.137. The summed E-state index contributed by atoms with van der Waals surface area (Å²) in [7, 11) is -3.15. The number of carbonyl (C=O) groups excluding carboxylic acids is 2. The average molecular weight is 478 g/mol. The third-order valence-corrected chi connectivity index (χ3v) is 7.00. The minimum absolute atomic E-state index is 0.0596. The Morgan fingerprint density at radius 1 is 1.15 bits per heavy atom. The van der Waals surface area contributed by atoms with E-state index in [-0.39, 0.29) is 35.4 Å². The molecule has 33 heavy (non-hydrogen) atoms. The highest BCUT2D eigenvalue weighted by Gasteiger charge is 2.35. The first kappa shape index (κ1) is 24.7. The summed E-state index contributed by atoms with van der Waals surface area (Å²) in [4.78, 5) is 26.8. The molecule has 3 rings (SSSR count). The summed E-state index contributed by atoms with van der Waals surface area (Å²) in [5.41, 5.74) is 0.993. The minimum Gasteiger partial charge on any atom is -0.489 e. The molecule has 1 heterocycles. The molecule has 1 aliphatic heterocycles. The van der Waals surface area contributed by atoms with E-state index in [0.717, 1.165) is 5.56 Å². The predicted octanol–water partition coefficient (Wildman–Crippen LogP) is 3.23. The number of hydrogen-bond donors (Lipinski definition) is 0. The van der Waals surface area contributed by atoms with Crippen LogP contribution in [0.25, 0.3) is 0 Å². The molecule has 9 heteroatoms. The molecule has 0 N–H and O–H groups in total. The maximum Gasteiger partial charge on any atom is 0.338 e. The van der Waals surface area contributed by atoms with Gasteiger partial charge in [-0.2, -0.15) is 0 Å². The second kappa shape index (κ2) is 10.8. The van der Waals surface area contributed by atoms with Crippen molar-refractivity contribution in [3.8, 4) is 5.75 Å². The van der Waals surface area contributed by atoms with Gasteiger partial charge in [0, 0.05) is 12.6 Å². The fourth-order valence-corrected chi connectivity index (χ4v) is 5.35. The van der Waals surface area contributed by atoms with Crippen LogP contribution in [-0.2, 0) is 26.0 Å². The molecule has 178 valence electrons. The van der Waals surface area contributed by atoms with Crippen LogP contribution in [0, 0.1) is 11.7 Å². The molecule has 7 nitrogen and oxygen atoms in total. The molecule has 0 radical (unpaired) electrons. The van der Waals surface area contributed by atoms with Gasteiger partial charge < -0.3 is 14.4 Å². The van der Waals surface area contributed by atoms with Gasteiger partial charge in [-0.15, -0.1) is 0 Å². The lowest BCUT2D eigenvalue weighted by Crippen LogP contribution is -2.45. The summed E-state index contributed by atoms with van der Waals surface area (Å²) in [5.74, 6) is -0.862. The van der Waals surface area contributed by atoms with Crippen molar-refractivity contribution in [3.05, 3.63) is 65.5 Å². The number of amides is 1. The van der Waals surface area contributed by atoms with Crippen LogP contribution < -0.4 is 4.74 Å². The Morgan fingerprint density at radius 3 is 2.52 bits per heavy atom. The molecule has 0 aliphatic carbocycles. The van der Waals surface area contributed by atoms with Gasteiger partial charge in [0.25, 0.3) is 5.91 Å². The van der Waals surface area contributed by atoms with Crippen LogP contribution in [0.3, 0.4) is 0 Å². The van der Waals surface area contributed by atoms with Crippen LogP contribution in [0.4, 0.5) is 4.39 Å². The van der Waals surface area contributed by atoms with Crippen LogP contribution in [0.15, 0.2) is 48.5 Å². The molecule has 2 aromatic rings. The van der Waals surface area contributed by atoms with Gasteiger partial charge in [0.2, 0.25) is 0 Å². The number of ether oxygens (including phenoxy) is 2. The molecular weight excluding hydrogens is 449 g/mol. The van der Waals surface area contributed by atoms with Crippen molar-refractivity contribution in [1.29, 1.82) is 0 Å². The zero-order valence-corrected chi connectivity index (χ0v) is 19.5. The largest absolute Gasteiger partial charge is 0.489 e. The molecule has 0 aromatic heterocycles. The molecular formula is C24H28FNO6S. The molecule has 1 saturated heterocycles. The van der Waals surface area contributed by atoms with Crippen molar-refractivity contribution in [3.63, 3.8) is 0 Å². The molecule has 1 unspecified atom stereocenters. The van der Waals surface area contributed by atoms with E-state index in [9.17, 15) is 22.4 Å². The lowest BCUT2D eigenvalue weighted by atomic mass is 10.1. The molecule has 0 bridgehead atoms. The SMILES string of the molecule is CC(C)CN(C(=O)COC(=O)c1cccc(OCc2ccc(F)cc2)c1)C1CCS(=O)(=O)C1. The normalized spacial score (nSPS) is 17.0. The lowest BCUT2D eigenvalue weighted by Gasteiger charge is -2.29. The fraction of sp³-hybridized carbons (Fsp3) is 0.417. The Balaban J connectivity index is 1.58. The predicted molar refractivity (Wildman–Crippen MR) is 121 cm³/mol. The second-order valence-corrected chi connectivity index (χ2v) is 10.7. The van der Waals surface area contributed by atoms with E-state index in [1.54, 1.807) is 30.3 Å². The van der Waals surface area contributed by atoms with Gasteiger partial charge in [0.1, 0.15) is 18.2 Å². The molecule has 1 aliphatic rings. The van der Waals surface area contributed by atoms with Gasteiger partial charge in [0.15, 0.2) is 16.4 Å². The highest BCUT2D eigenvalue weighted by Crippen LogP contribution is 2.20. The van der Waals surface area contributed by atoms with Gasteiger partial charge in [-0.05, 0) is 48.2 Å². The Bertz CT molecular complexity index is 1080. The number of carbonyl (C=O) groups is 2. The summed E-state index contributed by atoms with van der Waals surface area (Å²) in [6, 6.07) is 11.9. The van der Waals surface area contributed by atoms with Gasteiger partial charge in [0.05, 0.1) is 17.1 Å². The van der Waals surface area contributed by atoms with Gasteiger partial charge in [-0.3, -0.25) is 4.79 Å².